The topological polar surface area (TPSA) is 69.6 Å². The highest BCUT2D eigenvalue weighted by molar-refractivity contribution is 5.13. The zero-order chi connectivity index (χ0) is 9.97. The van der Waals surface area contributed by atoms with E-state index in [-0.39, 0.29) is 12.0 Å². The summed E-state index contributed by atoms with van der Waals surface area (Å²) in [4.78, 5) is 8.10. The molecular weight excluding hydrogens is 178 g/mol. The van der Waals surface area contributed by atoms with Gasteiger partial charge in [0.05, 0.1) is 11.7 Å². The maximum absolute atomic E-state index is 5.43. The number of nitrogen functional groups attached to an aromatic ring is 1. The van der Waals surface area contributed by atoms with Gasteiger partial charge >= 0.3 is 0 Å². The van der Waals surface area contributed by atoms with E-state index in [0.29, 0.717) is 0 Å². The van der Waals surface area contributed by atoms with Gasteiger partial charge in [-0.05, 0) is 19.1 Å². The van der Waals surface area contributed by atoms with Crippen LogP contribution in [0.15, 0.2) is 30.7 Å². The third-order valence-electron chi connectivity index (χ3n) is 2.04. The monoisotopic (exact) mass is 189 g/mol. The van der Waals surface area contributed by atoms with Crippen LogP contribution in [0.25, 0.3) is 0 Å². The van der Waals surface area contributed by atoms with Gasteiger partial charge in [-0.2, -0.15) is 0 Å². The third kappa shape index (κ3) is 1.56. The predicted molar refractivity (Wildman–Crippen MR) is 52.5 cm³/mol. The van der Waals surface area contributed by atoms with Crippen molar-refractivity contribution in [2.75, 3.05) is 5.73 Å². The van der Waals surface area contributed by atoms with Crippen molar-refractivity contribution in [2.24, 2.45) is 0 Å². The van der Waals surface area contributed by atoms with Crippen molar-refractivity contribution in [2.45, 2.75) is 13.0 Å². The molecule has 72 valence electrons. The van der Waals surface area contributed by atoms with E-state index in [9.17, 15) is 0 Å². The smallest absolute Gasteiger partial charge is 0.239 e. The molecule has 0 radical (unpaired) electrons. The van der Waals surface area contributed by atoms with Crippen LogP contribution in [0, 0.1) is 0 Å². The summed E-state index contributed by atoms with van der Waals surface area (Å²) in [6.07, 6.45) is 3.36. The molecule has 5 nitrogen and oxygen atoms in total. The Hall–Kier alpha value is -1.91. The maximum Gasteiger partial charge on any atom is 0.239 e. The van der Waals surface area contributed by atoms with E-state index in [4.69, 9.17) is 5.73 Å². The summed E-state index contributed by atoms with van der Waals surface area (Å²) in [7, 11) is 0. The van der Waals surface area contributed by atoms with Gasteiger partial charge in [0.1, 0.15) is 6.33 Å². The van der Waals surface area contributed by atoms with Crippen molar-refractivity contribution in [3.63, 3.8) is 0 Å². The van der Waals surface area contributed by atoms with Crippen LogP contribution in [0.3, 0.4) is 0 Å². The van der Waals surface area contributed by atoms with Gasteiger partial charge in [0.15, 0.2) is 0 Å². The minimum Gasteiger partial charge on any atom is -0.367 e. The van der Waals surface area contributed by atoms with Crippen molar-refractivity contribution in [1.29, 1.82) is 0 Å². The van der Waals surface area contributed by atoms with Crippen LogP contribution in [0.5, 0.6) is 0 Å². The Morgan fingerprint density at radius 2 is 2.21 bits per heavy atom. The average Bonchev–Trinajstić information content (AvgIpc) is 2.65. The van der Waals surface area contributed by atoms with E-state index in [1.165, 1.54) is 0 Å². The molecule has 0 bridgehead atoms. The first-order chi connectivity index (χ1) is 6.77. The quantitative estimate of drug-likeness (QED) is 0.760. The molecule has 14 heavy (non-hydrogen) atoms. The second kappa shape index (κ2) is 3.45. The number of rotatable bonds is 2. The van der Waals surface area contributed by atoms with Gasteiger partial charge in [-0.3, -0.25) is 4.98 Å². The highest BCUT2D eigenvalue weighted by atomic mass is 15.4. The lowest BCUT2D eigenvalue weighted by Crippen LogP contribution is -2.09. The van der Waals surface area contributed by atoms with Gasteiger partial charge in [-0.15, -0.1) is 5.10 Å². The molecule has 2 aromatic heterocycles. The normalized spacial score (nSPS) is 12.6. The van der Waals surface area contributed by atoms with Gasteiger partial charge in [0, 0.05) is 6.20 Å². The van der Waals surface area contributed by atoms with Crippen molar-refractivity contribution >= 4 is 5.95 Å². The standard InChI is InChI=1S/C9H11N5/c1-7(8-4-2-3-5-11-8)14-6-12-9(10)13-14/h2-7H,1H3,(H2,10,13). The molecule has 0 saturated heterocycles. The molecule has 2 aromatic rings. The lowest BCUT2D eigenvalue weighted by molar-refractivity contribution is 0.551. The fourth-order valence-electron chi connectivity index (χ4n) is 1.23. The van der Waals surface area contributed by atoms with Crippen molar-refractivity contribution in [3.05, 3.63) is 36.4 Å². The number of aromatic nitrogens is 4. The van der Waals surface area contributed by atoms with Crippen molar-refractivity contribution in [3.8, 4) is 0 Å². The van der Waals surface area contributed by atoms with Gasteiger partial charge in [0.2, 0.25) is 5.95 Å². The Morgan fingerprint density at radius 3 is 2.79 bits per heavy atom. The molecule has 2 rings (SSSR count). The van der Waals surface area contributed by atoms with Gasteiger partial charge in [-0.1, -0.05) is 6.07 Å². The van der Waals surface area contributed by atoms with Gasteiger partial charge in [0.25, 0.3) is 0 Å². The Kier molecular flexibility index (Phi) is 2.14. The lowest BCUT2D eigenvalue weighted by Gasteiger charge is -2.09. The second-order valence-corrected chi connectivity index (χ2v) is 3.01. The van der Waals surface area contributed by atoms with E-state index in [1.807, 2.05) is 25.1 Å². The molecule has 2 heterocycles. The zero-order valence-electron chi connectivity index (χ0n) is 7.83. The Balaban J connectivity index is 2.29. The van der Waals surface area contributed by atoms with E-state index in [1.54, 1.807) is 17.2 Å². The summed E-state index contributed by atoms with van der Waals surface area (Å²) >= 11 is 0. The number of anilines is 1. The van der Waals surface area contributed by atoms with Crippen LogP contribution < -0.4 is 5.73 Å². The Bertz CT molecular complexity index is 408. The summed E-state index contributed by atoms with van der Waals surface area (Å²) in [5.41, 5.74) is 6.37. The summed E-state index contributed by atoms with van der Waals surface area (Å²) in [5.74, 6) is 0.285. The van der Waals surface area contributed by atoms with E-state index >= 15 is 0 Å². The van der Waals surface area contributed by atoms with E-state index in [0.717, 1.165) is 5.69 Å². The number of hydrogen-bond acceptors (Lipinski definition) is 4. The van der Waals surface area contributed by atoms with Crippen LogP contribution in [-0.4, -0.2) is 19.7 Å². The molecule has 0 saturated carbocycles. The van der Waals surface area contributed by atoms with Crippen LogP contribution in [0.1, 0.15) is 18.7 Å². The molecule has 2 N–H and O–H groups in total. The molecule has 0 aliphatic heterocycles. The molecule has 5 heteroatoms. The molecule has 0 aromatic carbocycles. The first-order valence-electron chi connectivity index (χ1n) is 4.35. The minimum absolute atomic E-state index is 0.0565. The van der Waals surface area contributed by atoms with Crippen LogP contribution in [0.2, 0.25) is 0 Å². The molecule has 0 amide bonds. The minimum atomic E-state index is 0.0565. The first-order valence-corrected chi connectivity index (χ1v) is 4.35. The maximum atomic E-state index is 5.43. The predicted octanol–water partition coefficient (Wildman–Crippen LogP) is 0.865. The van der Waals surface area contributed by atoms with Gasteiger partial charge < -0.3 is 5.73 Å². The molecule has 0 aliphatic rings. The number of nitrogens with two attached hydrogens (primary N) is 1. The second-order valence-electron chi connectivity index (χ2n) is 3.01. The number of nitrogens with zero attached hydrogens (tertiary/aromatic N) is 4. The number of hydrogen-bond donors (Lipinski definition) is 1. The largest absolute Gasteiger partial charge is 0.367 e. The third-order valence-corrected chi connectivity index (χ3v) is 2.04. The van der Waals surface area contributed by atoms with E-state index < -0.39 is 0 Å². The summed E-state index contributed by atoms with van der Waals surface area (Å²) in [6, 6.07) is 5.83. The highest BCUT2D eigenvalue weighted by Gasteiger charge is 2.09. The molecular formula is C9H11N5. The molecule has 1 atom stereocenters. The number of pyridine rings is 1. The van der Waals surface area contributed by atoms with Crippen molar-refractivity contribution in [1.82, 2.24) is 19.7 Å². The Morgan fingerprint density at radius 1 is 1.36 bits per heavy atom. The van der Waals surface area contributed by atoms with E-state index in [2.05, 4.69) is 15.1 Å². The highest BCUT2D eigenvalue weighted by Crippen LogP contribution is 2.13. The van der Waals surface area contributed by atoms with Crippen LogP contribution in [0.4, 0.5) is 5.95 Å². The first kappa shape index (κ1) is 8.68. The molecule has 1 unspecified atom stereocenters. The fraction of sp³-hybridized carbons (Fsp3) is 0.222. The van der Waals surface area contributed by atoms with Crippen molar-refractivity contribution < 1.29 is 0 Å². The Labute approximate surface area is 81.6 Å². The summed E-state index contributed by atoms with van der Waals surface area (Å²) in [6.45, 7) is 2.00. The lowest BCUT2D eigenvalue weighted by atomic mass is 10.2. The fourth-order valence-corrected chi connectivity index (χ4v) is 1.23. The summed E-state index contributed by atoms with van der Waals surface area (Å²) in [5, 5.41) is 4.03. The SMILES string of the molecule is CC(c1ccccn1)n1cnc(N)n1. The zero-order valence-corrected chi connectivity index (χ0v) is 7.83. The average molecular weight is 189 g/mol. The molecule has 0 spiro atoms. The van der Waals surface area contributed by atoms with Crippen LogP contribution >= 0.6 is 0 Å². The molecule has 0 fully saturated rings. The summed E-state index contributed by atoms with van der Waals surface area (Å²) < 4.78 is 1.69. The molecule has 0 aliphatic carbocycles. The van der Waals surface area contributed by atoms with Gasteiger partial charge in [-0.25, -0.2) is 9.67 Å². The van der Waals surface area contributed by atoms with Crippen LogP contribution in [-0.2, 0) is 0 Å².